The van der Waals surface area contributed by atoms with Gasteiger partial charge >= 0.3 is 0 Å². The average Bonchev–Trinajstić information content (AvgIpc) is 3.22. The number of hydrogen-bond donors (Lipinski definition) is 2. The van der Waals surface area contributed by atoms with E-state index in [0.717, 1.165) is 18.9 Å². The predicted molar refractivity (Wildman–Crippen MR) is 104 cm³/mol. The summed E-state index contributed by atoms with van der Waals surface area (Å²) in [4.78, 5) is 19.0. The van der Waals surface area contributed by atoms with E-state index in [-0.39, 0.29) is 17.3 Å². The van der Waals surface area contributed by atoms with Crippen LogP contribution in [0.25, 0.3) is 0 Å². The Morgan fingerprint density at radius 1 is 1.15 bits per heavy atom. The van der Waals surface area contributed by atoms with Crippen LogP contribution in [0.2, 0.25) is 0 Å². The van der Waals surface area contributed by atoms with Crippen molar-refractivity contribution >= 4 is 27.4 Å². The lowest BCUT2D eigenvalue weighted by molar-refractivity contribution is 0.102. The quantitative estimate of drug-likeness (QED) is 0.742. The maximum absolute atomic E-state index is 12.3. The molecule has 1 aliphatic heterocycles. The fourth-order valence-corrected chi connectivity index (χ4v) is 3.74. The minimum Gasteiger partial charge on any atom is -0.357 e. The molecule has 1 saturated heterocycles. The summed E-state index contributed by atoms with van der Waals surface area (Å²) in [6, 6.07) is 9.32. The Balaban J connectivity index is 1.65. The highest BCUT2D eigenvalue weighted by Gasteiger charge is 2.15. The standard InChI is InChI=1S/C19H20N4O3S/c1-2-11-21-27(25,26)17-8-5-15(6-9-17)19(24)22-16-7-10-18(20-14-16)23-12-3-4-13-23/h1,5-10,14,21H,3-4,11-13H2,(H,22,24). The van der Waals surface area contributed by atoms with Gasteiger partial charge in [-0.3, -0.25) is 4.79 Å². The number of carbonyl (C=O) groups excluding carboxylic acids is 1. The molecule has 27 heavy (non-hydrogen) atoms. The van der Waals surface area contributed by atoms with Gasteiger partial charge in [0, 0.05) is 18.7 Å². The lowest BCUT2D eigenvalue weighted by atomic mass is 10.2. The molecule has 7 nitrogen and oxygen atoms in total. The number of hydrogen-bond acceptors (Lipinski definition) is 5. The predicted octanol–water partition coefficient (Wildman–Crippen LogP) is 1.85. The third-order valence-electron chi connectivity index (χ3n) is 4.23. The summed E-state index contributed by atoms with van der Waals surface area (Å²) < 4.78 is 26.2. The summed E-state index contributed by atoms with van der Waals surface area (Å²) in [6.45, 7) is 1.92. The summed E-state index contributed by atoms with van der Waals surface area (Å²) in [5.74, 6) is 2.77. The third kappa shape index (κ3) is 4.64. The van der Waals surface area contributed by atoms with Gasteiger partial charge in [0.1, 0.15) is 5.82 Å². The molecule has 0 aliphatic carbocycles. The molecule has 0 unspecified atom stereocenters. The average molecular weight is 384 g/mol. The zero-order valence-electron chi connectivity index (χ0n) is 14.7. The summed E-state index contributed by atoms with van der Waals surface area (Å²) in [5, 5.41) is 2.76. The monoisotopic (exact) mass is 384 g/mol. The fraction of sp³-hybridized carbons (Fsp3) is 0.263. The minimum atomic E-state index is -3.68. The van der Waals surface area contributed by atoms with Gasteiger partial charge < -0.3 is 10.2 Å². The van der Waals surface area contributed by atoms with E-state index in [2.05, 4.69) is 25.8 Å². The first-order valence-electron chi connectivity index (χ1n) is 8.55. The van der Waals surface area contributed by atoms with Gasteiger partial charge in [0.05, 0.1) is 23.3 Å². The number of aromatic nitrogens is 1. The molecule has 2 aromatic rings. The number of nitrogens with zero attached hydrogens (tertiary/aromatic N) is 2. The number of rotatable bonds is 6. The van der Waals surface area contributed by atoms with Gasteiger partial charge in [0.2, 0.25) is 10.0 Å². The number of carbonyl (C=O) groups is 1. The van der Waals surface area contributed by atoms with Crippen molar-refractivity contribution in [2.45, 2.75) is 17.7 Å². The number of amides is 1. The summed E-state index contributed by atoms with van der Waals surface area (Å²) >= 11 is 0. The lowest BCUT2D eigenvalue weighted by Crippen LogP contribution is -2.24. The van der Waals surface area contributed by atoms with Crippen molar-refractivity contribution in [3.63, 3.8) is 0 Å². The fourth-order valence-electron chi connectivity index (χ4n) is 2.80. The van der Waals surface area contributed by atoms with Crippen LogP contribution >= 0.6 is 0 Å². The number of anilines is 2. The third-order valence-corrected chi connectivity index (χ3v) is 5.64. The number of terminal acetylenes is 1. The smallest absolute Gasteiger partial charge is 0.255 e. The Bertz CT molecular complexity index is 942. The van der Waals surface area contributed by atoms with Gasteiger partial charge in [-0.05, 0) is 49.2 Å². The Morgan fingerprint density at radius 3 is 2.44 bits per heavy atom. The number of benzene rings is 1. The van der Waals surface area contributed by atoms with Crippen molar-refractivity contribution in [2.75, 3.05) is 29.9 Å². The van der Waals surface area contributed by atoms with Crippen molar-refractivity contribution in [1.82, 2.24) is 9.71 Å². The van der Waals surface area contributed by atoms with Crippen molar-refractivity contribution in [2.24, 2.45) is 0 Å². The van der Waals surface area contributed by atoms with Crippen LogP contribution in [-0.2, 0) is 10.0 Å². The van der Waals surface area contributed by atoms with Gasteiger partial charge in [-0.15, -0.1) is 6.42 Å². The molecule has 8 heteroatoms. The second kappa shape index (κ2) is 8.20. The van der Waals surface area contributed by atoms with Gasteiger partial charge in [0.25, 0.3) is 5.91 Å². The number of sulfonamides is 1. The molecule has 1 aromatic carbocycles. The van der Waals surface area contributed by atoms with Crippen LogP contribution in [-0.4, -0.2) is 38.9 Å². The van der Waals surface area contributed by atoms with E-state index < -0.39 is 10.0 Å². The second-order valence-corrected chi connectivity index (χ2v) is 7.87. The molecule has 140 valence electrons. The highest BCUT2D eigenvalue weighted by atomic mass is 32.2. The van der Waals surface area contributed by atoms with Crippen LogP contribution in [0, 0.1) is 12.3 Å². The molecule has 0 saturated carbocycles. The molecule has 2 heterocycles. The molecule has 3 rings (SSSR count). The summed E-state index contributed by atoms with van der Waals surface area (Å²) in [6.07, 6.45) is 9.02. The van der Waals surface area contributed by atoms with E-state index in [1.165, 1.54) is 37.1 Å². The van der Waals surface area contributed by atoms with Crippen molar-refractivity contribution < 1.29 is 13.2 Å². The number of pyridine rings is 1. The Hall–Kier alpha value is -2.89. The van der Waals surface area contributed by atoms with Gasteiger partial charge in [-0.1, -0.05) is 5.92 Å². The normalized spacial score (nSPS) is 14.0. The van der Waals surface area contributed by atoms with Gasteiger partial charge in [-0.25, -0.2) is 13.4 Å². The molecule has 0 atom stereocenters. The zero-order valence-corrected chi connectivity index (χ0v) is 15.5. The molecule has 0 radical (unpaired) electrons. The maximum atomic E-state index is 12.3. The lowest BCUT2D eigenvalue weighted by Gasteiger charge is -2.16. The van der Waals surface area contributed by atoms with Gasteiger partial charge in [0.15, 0.2) is 0 Å². The molecule has 1 fully saturated rings. The van der Waals surface area contributed by atoms with Crippen LogP contribution in [0.4, 0.5) is 11.5 Å². The molecule has 1 amide bonds. The Morgan fingerprint density at radius 2 is 1.85 bits per heavy atom. The van der Waals surface area contributed by atoms with Crippen LogP contribution < -0.4 is 14.9 Å². The first kappa shape index (κ1) is 18.9. The van der Waals surface area contributed by atoms with E-state index in [9.17, 15) is 13.2 Å². The van der Waals surface area contributed by atoms with Crippen molar-refractivity contribution in [3.8, 4) is 12.3 Å². The number of nitrogens with one attached hydrogen (secondary N) is 2. The Kier molecular flexibility index (Phi) is 5.74. The van der Waals surface area contributed by atoms with E-state index in [0.29, 0.717) is 11.3 Å². The van der Waals surface area contributed by atoms with Crippen molar-refractivity contribution in [1.29, 1.82) is 0 Å². The van der Waals surface area contributed by atoms with E-state index in [1.54, 1.807) is 12.3 Å². The van der Waals surface area contributed by atoms with E-state index in [4.69, 9.17) is 6.42 Å². The molecular weight excluding hydrogens is 364 g/mol. The largest absolute Gasteiger partial charge is 0.357 e. The first-order chi connectivity index (χ1) is 13.0. The van der Waals surface area contributed by atoms with E-state index >= 15 is 0 Å². The zero-order chi connectivity index (χ0) is 19.3. The topological polar surface area (TPSA) is 91.4 Å². The summed E-state index contributed by atoms with van der Waals surface area (Å²) in [5.41, 5.74) is 0.921. The second-order valence-electron chi connectivity index (χ2n) is 6.11. The Labute approximate surface area is 158 Å². The highest BCUT2D eigenvalue weighted by molar-refractivity contribution is 7.89. The van der Waals surface area contributed by atoms with Gasteiger partial charge in [-0.2, -0.15) is 4.72 Å². The van der Waals surface area contributed by atoms with Crippen LogP contribution in [0.1, 0.15) is 23.2 Å². The molecule has 2 N–H and O–H groups in total. The first-order valence-corrected chi connectivity index (χ1v) is 10.0. The molecule has 0 bridgehead atoms. The minimum absolute atomic E-state index is 0.0472. The summed E-state index contributed by atoms with van der Waals surface area (Å²) in [7, 11) is -3.68. The maximum Gasteiger partial charge on any atom is 0.255 e. The molecular formula is C19H20N4O3S. The van der Waals surface area contributed by atoms with E-state index in [1.807, 2.05) is 6.07 Å². The van der Waals surface area contributed by atoms with Crippen molar-refractivity contribution in [3.05, 3.63) is 48.2 Å². The van der Waals surface area contributed by atoms with Crippen LogP contribution in [0.3, 0.4) is 0 Å². The SMILES string of the molecule is C#CCNS(=O)(=O)c1ccc(C(=O)Nc2ccc(N3CCCC3)nc2)cc1. The molecule has 1 aromatic heterocycles. The molecule has 1 aliphatic rings. The highest BCUT2D eigenvalue weighted by Crippen LogP contribution is 2.19. The van der Waals surface area contributed by atoms with Crippen LogP contribution in [0.15, 0.2) is 47.5 Å². The van der Waals surface area contributed by atoms with Crippen LogP contribution in [0.5, 0.6) is 0 Å². The molecule has 0 spiro atoms.